The molecule has 2 atom stereocenters. The minimum absolute atomic E-state index is 0. The summed E-state index contributed by atoms with van der Waals surface area (Å²) in [4.78, 5) is 4.18. The summed E-state index contributed by atoms with van der Waals surface area (Å²) >= 11 is 0. The van der Waals surface area contributed by atoms with E-state index in [9.17, 15) is 0 Å². The van der Waals surface area contributed by atoms with Crippen LogP contribution in [0.5, 0.6) is 0 Å². The van der Waals surface area contributed by atoms with Crippen LogP contribution in [0.4, 0.5) is 4.39 Å². The Kier molecular flexibility index (Phi) is 9.52. The SMILES string of the molecule is Cc1nc(C=C(F)[C@H](CCc2ccccc2P)O[Si](C)(C)C(C)(C)C)co1.I. The molecule has 1 heterocycles. The molecule has 0 aliphatic heterocycles. The monoisotopic (exact) mass is 535 g/mol. The molecule has 1 unspecified atom stereocenters. The first kappa shape index (κ1) is 25.5. The topological polar surface area (TPSA) is 35.3 Å². The summed E-state index contributed by atoms with van der Waals surface area (Å²) < 4.78 is 26.8. The van der Waals surface area contributed by atoms with E-state index < -0.39 is 14.4 Å². The van der Waals surface area contributed by atoms with Crippen LogP contribution >= 0.6 is 33.2 Å². The third kappa shape index (κ3) is 7.04. The fourth-order valence-electron chi connectivity index (χ4n) is 2.51. The minimum atomic E-state index is -2.12. The second-order valence-corrected chi connectivity index (χ2v) is 13.8. The van der Waals surface area contributed by atoms with E-state index in [0.29, 0.717) is 18.0 Å². The standard InChI is InChI=1S/C21H31FNO2PSi.HI/c1-15-23-17(14-24-15)13-18(22)19(25-27(5,6)21(2,3)4)12-11-16-9-7-8-10-20(16)26;/h7-10,13-14,19H,11-12,26H2,1-6H3;1H/t19-;/m0./s1. The summed E-state index contributed by atoms with van der Waals surface area (Å²) in [6, 6.07) is 8.14. The lowest BCUT2D eigenvalue weighted by molar-refractivity contribution is 0.180. The number of rotatable bonds is 7. The van der Waals surface area contributed by atoms with Gasteiger partial charge < -0.3 is 8.84 Å². The molecule has 0 bridgehead atoms. The average Bonchev–Trinajstić information content (AvgIpc) is 2.96. The van der Waals surface area contributed by atoms with Gasteiger partial charge in [-0.25, -0.2) is 9.37 Å². The minimum Gasteiger partial charge on any atom is -0.449 e. The van der Waals surface area contributed by atoms with Crippen molar-refractivity contribution in [3.8, 4) is 0 Å². The predicted molar refractivity (Wildman–Crippen MR) is 132 cm³/mol. The zero-order chi connectivity index (χ0) is 20.2. The number of hydrogen-bond acceptors (Lipinski definition) is 3. The maximum absolute atomic E-state index is 15.2. The summed E-state index contributed by atoms with van der Waals surface area (Å²) in [5.74, 6) is 0.224. The number of nitrogens with zero attached hydrogens (tertiary/aromatic N) is 1. The van der Waals surface area contributed by atoms with E-state index in [2.05, 4.69) is 54.2 Å². The van der Waals surface area contributed by atoms with Gasteiger partial charge in [0.15, 0.2) is 14.2 Å². The molecule has 0 aliphatic rings. The molecule has 3 nitrogen and oxygen atoms in total. The van der Waals surface area contributed by atoms with Crippen LogP contribution in [0, 0.1) is 6.92 Å². The van der Waals surface area contributed by atoms with Gasteiger partial charge in [0, 0.05) is 13.0 Å². The summed E-state index contributed by atoms with van der Waals surface area (Å²) in [7, 11) is 0.622. The van der Waals surface area contributed by atoms with E-state index in [4.69, 9.17) is 8.84 Å². The smallest absolute Gasteiger partial charge is 0.193 e. The Labute approximate surface area is 188 Å². The third-order valence-corrected chi connectivity index (χ3v) is 10.3. The molecule has 156 valence electrons. The Morgan fingerprint density at radius 2 is 1.96 bits per heavy atom. The van der Waals surface area contributed by atoms with Gasteiger partial charge in [0.1, 0.15) is 17.8 Å². The Balaban J connectivity index is 0.00000392. The number of aromatic nitrogens is 1. The molecular weight excluding hydrogens is 503 g/mol. The number of aryl methyl sites for hydroxylation is 2. The predicted octanol–water partition coefficient (Wildman–Crippen LogP) is 6.44. The van der Waals surface area contributed by atoms with Crippen LogP contribution in [-0.4, -0.2) is 19.4 Å². The lowest BCUT2D eigenvalue weighted by atomic mass is 10.1. The van der Waals surface area contributed by atoms with Gasteiger partial charge in [-0.15, -0.1) is 33.2 Å². The fraction of sp³-hybridized carbons (Fsp3) is 0.476. The van der Waals surface area contributed by atoms with Crippen molar-refractivity contribution in [2.45, 2.75) is 64.8 Å². The van der Waals surface area contributed by atoms with E-state index in [1.54, 1.807) is 6.92 Å². The molecule has 0 saturated heterocycles. The lowest BCUT2D eigenvalue weighted by Crippen LogP contribution is -2.44. The van der Waals surface area contributed by atoms with Gasteiger partial charge in [-0.2, -0.15) is 0 Å². The Morgan fingerprint density at radius 3 is 2.50 bits per heavy atom. The average molecular weight is 535 g/mol. The lowest BCUT2D eigenvalue weighted by Gasteiger charge is -2.39. The molecule has 0 radical (unpaired) electrons. The Hall–Kier alpha value is -0.563. The molecule has 0 amide bonds. The van der Waals surface area contributed by atoms with E-state index in [1.165, 1.54) is 17.9 Å². The van der Waals surface area contributed by atoms with E-state index in [1.807, 2.05) is 18.2 Å². The molecule has 2 rings (SSSR count). The summed E-state index contributed by atoms with van der Waals surface area (Å²) in [5.41, 5.74) is 1.68. The third-order valence-electron chi connectivity index (χ3n) is 5.20. The van der Waals surface area contributed by atoms with Crippen LogP contribution in [0.2, 0.25) is 18.1 Å². The van der Waals surface area contributed by atoms with E-state index >= 15 is 4.39 Å². The van der Waals surface area contributed by atoms with Gasteiger partial charge >= 0.3 is 0 Å². The van der Waals surface area contributed by atoms with Crippen molar-refractivity contribution < 1.29 is 13.2 Å². The summed E-state index contributed by atoms with van der Waals surface area (Å²) in [6.45, 7) is 12.5. The fourth-order valence-corrected chi connectivity index (χ4v) is 4.16. The van der Waals surface area contributed by atoms with Crippen LogP contribution in [0.1, 0.15) is 44.3 Å². The second-order valence-electron chi connectivity index (χ2n) is 8.42. The molecule has 7 heteroatoms. The van der Waals surface area contributed by atoms with Gasteiger partial charge in [-0.1, -0.05) is 45.0 Å². The van der Waals surface area contributed by atoms with Crippen molar-refractivity contribution in [1.82, 2.24) is 4.98 Å². The number of oxazole rings is 1. The molecule has 0 saturated carbocycles. The zero-order valence-electron chi connectivity index (χ0n) is 17.6. The first-order valence-corrected chi connectivity index (χ1v) is 12.8. The Morgan fingerprint density at radius 1 is 1.32 bits per heavy atom. The van der Waals surface area contributed by atoms with Gasteiger partial charge in [0.2, 0.25) is 0 Å². The molecular formula is C21H32FINO2PSi. The molecule has 0 fully saturated rings. The van der Waals surface area contributed by atoms with Crippen LogP contribution in [0.15, 0.2) is 40.8 Å². The quantitative estimate of drug-likeness (QED) is 0.233. The van der Waals surface area contributed by atoms with Crippen molar-refractivity contribution in [3.63, 3.8) is 0 Å². The molecule has 1 aromatic carbocycles. The van der Waals surface area contributed by atoms with Crippen LogP contribution in [0.25, 0.3) is 6.08 Å². The molecule has 0 spiro atoms. The zero-order valence-corrected chi connectivity index (χ0v) is 22.1. The highest BCUT2D eigenvalue weighted by atomic mass is 127. The van der Waals surface area contributed by atoms with Gasteiger partial charge in [0.05, 0.1) is 6.10 Å². The van der Waals surface area contributed by atoms with Crippen molar-refractivity contribution >= 4 is 52.9 Å². The van der Waals surface area contributed by atoms with Gasteiger partial charge in [-0.05, 0) is 41.8 Å². The van der Waals surface area contributed by atoms with Crippen molar-refractivity contribution in [2.24, 2.45) is 0 Å². The largest absolute Gasteiger partial charge is 0.449 e. The van der Waals surface area contributed by atoms with Gasteiger partial charge in [0.25, 0.3) is 0 Å². The van der Waals surface area contributed by atoms with Crippen LogP contribution in [0.3, 0.4) is 0 Å². The molecule has 1 aromatic heterocycles. The maximum Gasteiger partial charge on any atom is 0.193 e. The van der Waals surface area contributed by atoms with Crippen LogP contribution < -0.4 is 5.30 Å². The van der Waals surface area contributed by atoms with Crippen molar-refractivity contribution in [2.75, 3.05) is 0 Å². The Bertz CT molecular complexity index is 802. The van der Waals surface area contributed by atoms with Gasteiger partial charge in [-0.3, -0.25) is 0 Å². The summed E-state index contributed by atoms with van der Waals surface area (Å²) in [5, 5.41) is 1.15. The molecule has 0 aliphatic carbocycles. The van der Waals surface area contributed by atoms with Crippen molar-refractivity contribution in [3.05, 3.63) is 53.5 Å². The molecule has 2 aromatic rings. The normalized spacial score (nSPS) is 13.9. The highest BCUT2D eigenvalue weighted by Gasteiger charge is 2.40. The van der Waals surface area contributed by atoms with Crippen molar-refractivity contribution in [1.29, 1.82) is 0 Å². The number of halogens is 2. The molecule has 0 N–H and O–H groups in total. The van der Waals surface area contributed by atoms with Crippen LogP contribution in [-0.2, 0) is 10.8 Å². The number of hydrogen-bond donors (Lipinski definition) is 0. The van der Waals surface area contributed by atoms with E-state index in [0.717, 1.165) is 11.7 Å². The maximum atomic E-state index is 15.2. The first-order chi connectivity index (χ1) is 12.5. The first-order valence-electron chi connectivity index (χ1n) is 9.30. The van der Waals surface area contributed by atoms with E-state index in [-0.39, 0.29) is 34.8 Å². The highest BCUT2D eigenvalue weighted by Crippen LogP contribution is 2.39. The highest BCUT2D eigenvalue weighted by molar-refractivity contribution is 14.0. The number of benzene rings is 1. The summed E-state index contributed by atoms with van der Waals surface area (Å²) in [6.07, 6.45) is 3.64. The second kappa shape index (κ2) is 10.5. The molecule has 28 heavy (non-hydrogen) atoms.